The van der Waals surface area contributed by atoms with Gasteiger partial charge in [0.2, 0.25) is 0 Å². The summed E-state index contributed by atoms with van der Waals surface area (Å²) in [6.07, 6.45) is 1.08. The minimum atomic E-state index is -3.27. The third kappa shape index (κ3) is 3.56. The van der Waals surface area contributed by atoms with E-state index in [-0.39, 0.29) is 4.90 Å². The van der Waals surface area contributed by atoms with Crippen LogP contribution in [-0.4, -0.2) is 33.7 Å². The molecule has 0 aromatic heterocycles. The molecule has 0 fully saturated rings. The van der Waals surface area contributed by atoms with Crippen molar-refractivity contribution in [2.45, 2.75) is 4.90 Å². The predicted octanol–water partition coefficient (Wildman–Crippen LogP) is 0.202. The van der Waals surface area contributed by atoms with Crippen molar-refractivity contribution < 1.29 is 22.7 Å². The molecule has 0 heterocycles. The normalized spacial score (nSPS) is 10.7. The number of carbonyl (C=O) groups excluding carboxylic acids is 2. The standard InChI is InChI=1S/C10H11NO5S/c1-16-10(13)9(12)11-7-3-5-8(6-4-7)17(2,14)15/h3-6H,1-2H3,(H,11,12). The van der Waals surface area contributed by atoms with Crippen molar-refractivity contribution in [3.63, 3.8) is 0 Å². The largest absolute Gasteiger partial charge is 0.462 e. The van der Waals surface area contributed by atoms with Crippen LogP contribution in [0.25, 0.3) is 0 Å². The zero-order valence-electron chi connectivity index (χ0n) is 9.26. The van der Waals surface area contributed by atoms with Crippen LogP contribution in [0.2, 0.25) is 0 Å². The number of benzene rings is 1. The number of ether oxygens (including phenoxy) is 1. The Morgan fingerprint density at radius 3 is 2.12 bits per heavy atom. The molecule has 1 rings (SSSR count). The van der Waals surface area contributed by atoms with Crippen LogP contribution in [0.3, 0.4) is 0 Å². The van der Waals surface area contributed by atoms with Crippen molar-refractivity contribution in [3.05, 3.63) is 24.3 Å². The number of carbonyl (C=O) groups is 2. The first-order valence-corrected chi connectivity index (χ1v) is 6.43. The van der Waals surface area contributed by atoms with Gasteiger partial charge in [0.05, 0.1) is 12.0 Å². The van der Waals surface area contributed by atoms with Crippen LogP contribution >= 0.6 is 0 Å². The SMILES string of the molecule is COC(=O)C(=O)Nc1ccc(S(C)(=O)=O)cc1. The Labute approximate surface area is 98.5 Å². The first-order valence-electron chi connectivity index (χ1n) is 4.54. The van der Waals surface area contributed by atoms with Gasteiger partial charge in [0, 0.05) is 11.9 Å². The van der Waals surface area contributed by atoms with Crippen LogP contribution in [0.15, 0.2) is 29.2 Å². The number of esters is 1. The molecule has 0 unspecified atom stereocenters. The minimum absolute atomic E-state index is 0.133. The molecule has 0 aliphatic heterocycles. The molecule has 17 heavy (non-hydrogen) atoms. The fraction of sp³-hybridized carbons (Fsp3) is 0.200. The fourth-order valence-corrected chi connectivity index (χ4v) is 1.69. The zero-order chi connectivity index (χ0) is 13.1. The van der Waals surface area contributed by atoms with Crippen LogP contribution in [-0.2, 0) is 24.2 Å². The number of hydrogen-bond acceptors (Lipinski definition) is 5. The Bertz CT molecular complexity index is 532. The fourth-order valence-electron chi connectivity index (χ4n) is 1.06. The Morgan fingerprint density at radius 1 is 1.18 bits per heavy atom. The van der Waals surface area contributed by atoms with E-state index in [0.29, 0.717) is 5.69 Å². The first kappa shape index (κ1) is 13.2. The third-order valence-electron chi connectivity index (χ3n) is 1.91. The molecule has 1 aromatic rings. The van der Waals surface area contributed by atoms with Crippen LogP contribution in [0.5, 0.6) is 0 Å². The number of sulfone groups is 1. The Morgan fingerprint density at radius 2 is 1.71 bits per heavy atom. The van der Waals surface area contributed by atoms with Gasteiger partial charge in [-0.1, -0.05) is 0 Å². The zero-order valence-corrected chi connectivity index (χ0v) is 10.1. The molecule has 0 bridgehead atoms. The maximum Gasteiger partial charge on any atom is 0.396 e. The van der Waals surface area contributed by atoms with E-state index in [0.717, 1.165) is 13.4 Å². The molecule has 6 nitrogen and oxygen atoms in total. The molecule has 0 saturated heterocycles. The van der Waals surface area contributed by atoms with Gasteiger partial charge in [-0.3, -0.25) is 4.79 Å². The van der Waals surface area contributed by atoms with Gasteiger partial charge in [0.1, 0.15) is 0 Å². The highest BCUT2D eigenvalue weighted by Gasteiger charge is 2.14. The van der Waals surface area contributed by atoms with Gasteiger partial charge in [-0.25, -0.2) is 13.2 Å². The Kier molecular flexibility index (Phi) is 3.84. The first-order chi connectivity index (χ1) is 7.84. The number of nitrogens with one attached hydrogen (secondary N) is 1. The van der Waals surface area contributed by atoms with Gasteiger partial charge in [-0.15, -0.1) is 0 Å². The number of amides is 1. The van der Waals surface area contributed by atoms with Gasteiger partial charge in [-0.05, 0) is 24.3 Å². The van der Waals surface area contributed by atoms with Gasteiger partial charge in [-0.2, -0.15) is 0 Å². The van der Waals surface area contributed by atoms with Crippen molar-refractivity contribution in [2.24, 2.45) is 0 Å². The van der Waals surface area contributed by atoms with Gasteiger partial charge in [0.25, 0.3) is 0 Å². The average molecular weight is 257 g/mol. The monoisotopic (exact) mass is 257 g/mol. The molecule has 0 atom stereocenters. The highest BCUT2D eigenvalue weighted by molar-refractivity contribution is 7.90. The van der Waals surface area contributed by atoms with E-state index < -0.39 is 21.7 Å². The summed E-state index contributed by atoms with van der Waals surface area (Å²) < 4.78 is 26.5. The molecule has 0 spiro atoms. The molecular formula is C10H11NO5S. The third-order valence-corrected chi connectivity index (χ3v) is 3.04. The maximum atomic E-state index is 11.2. The molecule has 1 amide bonds. The highest BCUT2D eigenvalue weighted by atomic mass is 32.2. The predicted molar refractivity (Wildman–Crippen MR) is 60.2 cm³/mol. The summed E-state index contributed by atoms with van der Waals surface area (Å²) >= 11 is 0. The van der Waals surface area contributed by atoms with E-state index in [1.54, 1.807) is 0 Å². The van der Waals surface area contributed by atoms with Crippen molar-refractivity contribution in [2.75, 3.05) is 18.7 Å². The van der Waals surface area contributed by atoms with Crippen molar-refractivity contribution >= 4 is 27.4 Å². The molecule has 92 valence electrons. The quantitative estimate of drug-likeness (QED) is 0.604. The summed E-state index contributed by atoms with van der Waals surface area (Å²) in [5.41, 5.74) is 0.313. The average Bonchev–Trinajstić information content (AvgIpc) is 2.27. The van der Waals surface area contributed by atoms with Crippen LogP contribution in [0.1, 0.15) is 0 Å². The summed E-state index contributed by atoms with van der Waals surface area (Å²) in [6, 6.07) is 5.44. The summed E-state index contributed by atoms with van der Waals surface area (Å²) in [4.78, 5) is 22.1. The summed E-state index contributed by atoms with van der Waals surface area (Å²) in [5.74, 6) is -1.93. The topological polar surface area (TPSA) is 89.5 Å². The second kappa shape index (κ2) is 4.96. The summed E-state index contributed by atoms with van der Waals surface area (Å²) in [6.45, 7) is 0. The van der Waals surface area contributed by atoms with Crippen molar-refractivity contribution in [1.29, 1.82) is 0 Å². The molecule has 0 aliphatic rings. The molecule has 7 heteroatoms. The lowest BCUT2D eigenvalue weighted by molar-refractivity contribution is -0.150. The lowest BCUT2D eigenvalue weighted by Gasteiger charge is -2.04. The van der Waals surface area contributed by atoms with Crippen LogP contribution in [0.4, 0.5) is 5.69 Å². The number of rotatable bonds is 2. The minimum Gasteiger partial charge on any atom is -0.462 e. The van der Waals surface area contributed by atoms with Gasteiger partial charge < -0.3 is 10.1 Å². The number of anilines is 1. The second-order valence-electron chi connectivity index (χ2n) is 3.24. The number of methoxy groups -OCH3 is 1. The van der Waals surface area contributed by atoms with Crippen LogP contribution in [0, 0.1) is 0 Å². The van der Waals surface area contributed by atoms with E-state index in [4.69, 9.17) is 0 Å². The lowest BCUT2D eigenvalue weighted by Crippen LogP contribution is -2.23. The van der Waals surface area contributed by atoms with Gasteiger partial charge in [0.15, 0.2) is 9.84 Å². The Hall–Kier alpha value is -1.89. The molecule has 1 N–H and O–H groups in total. The van der Waals surface area contributed by atoms with E-state index in [2.05, 4.69) is 10.1 Å². The highest BCUT2D eigenvalue weighted by Crippen LogP contribution is 2.13. The van der Waals surface area contributed by atoms with E-state index in [1.165, 1.54) is 24.3 Å². The molecule has 0 saturated carbocycles. The van der Waals surface area contributed by atoms with Gasteiger partial charge >= 0.3 is 11.9 Å². The van der Waals surface area contributed by atoms with E-state index in [9.17, 15) is 18.0 Å². The number of hydrogen-bond donors (Lipinski definition) is 1. The molecule has 0 aliphatic carbocycles. The summed E-state index contributed by atoms with van der Waals surface area (Å²) in [5, 5.41) is 2.26. The lowest BCUT2D eigenvalue weighted by atomic mass is 10.3. The Balaban J connectivity index is 2.83. The smallest absolute Gasteiger partial charge is 0.396 e. The molecule has 1 aromatic carbocycles. The van der Waals surface area contributed by atoms with E-state index in [1.807, 2.05) is 0 Å². The van der Waals surface area contributed by atoms with Crippen molar-refractivity contribution in [3.8, 4) is 0 Å². The maximum absolute atomic E-state index is 11.2. The van der Waals surface area contributed by atoms with E-state index >= 15 is 0 Å². The van der Waals surface area contributed by atoms with Crippen molar-refractivity contribution in [1.82, 2.24) is 0 Å². The molecule has 0 radical (unpaired) electrons. The summed E-state index contributed by atoms with van der Waals surface area (Å²) in [7, 11) is -2.18. The van der Waals surface area contributed by atoms with Crippen LogP contribution < -0.4 is 5.32 Å². The molecular weight excluding hydrogens is 246 g/mol. The second-order valence-corrected chi connectivity index (χ2v) is 5.26.